The van der Waals surface area contributed by atoms with Crippen molar-refractivity contribution in [2.75, 3.05) is 0 Å². The van der Waals surface area contributed by atoms with Crippen molar-refractivity contribution < 1.29 is 4.79 Å². The van der Waals surface area contributed by atoms with Gasteiger partial charge in [-0.15, -0.1) is 0 Å². The minimum absolute atomic E-state index is 0.680. The van der Waals surface area contributed by atoms with E-state index in [4.69, 9.17) is 0 Å². The van der Waals surface area contributed by atoms with Crippen LogP contribution in [0.1, 0.15) is 26.7 Å². The van der Waals surface area contributed by atoms with Crippen LogP contribution in [-0.2, 0) is 4.79 Å². The van der Waals surface area contributed by atoms with Gasteiger partial charge >= 0.3 is 0 Å². The third-order valence-electron chi connectivity index (χ3n) is 1.44. The molecule has 0 aliphatic carbocycles. The molecule has 0 aromatic carbocycles. The van der Waals surface area contributed by atoms with Crippen LogP contribution in [0.4, 0.5) is 0 Å². The highest BCUT2D eigenvalue weighted by Gasteiger charge is 1.84. The molecule has 0 aromatic heterocycles. The summed E-state index contributed by atoms with van der Waals surface area (Å²) in [6.07, 6.45) is 12.5. The van der Waals surface area contributed by atoms with Crippen LogP contribution in [0.15, 0.2) is 36.1 Å². The first kappa shape index (κ1) is 11.7. The molecule has 2 heteroatoms. The van der Waals surface area contributed by atoms with E-state index in [1.54, 1.807) is 0 Å². The molecule has 0 aromatic rings. The smallest absolute Gasteiger partial charge is 0.211 e. The fourth-order valence-corrected chi connectivity index (χ4v) is 0.834. The Morgan fingerprint density at radius 2 is 2.23 bits per heavy atom. The summed E-state index contributed by atoms with van der Waals surface area (Å²) in [5.41, 5.74) is 0.810. The zero-order chi connectivity index (χ0) is 9.94. The SMILES string of the molecule is C/C=C\C(=C/C=CCCC)NC=O. The van der Waals surface area contributed by atoms with Gasteiger partial charge in [-0.1, -0.05) is 31.6 Å². The molecule has 0 heterocycles. The second-order valence-corrected chi connectivity index (χ2v) is 2.60. The summed E-state index contributed by atoms with van der Waals surface area (Å²) >= 11 is 0. The molecule has 13 heavy (non-hydrogen) atoms. The van der Waals surface area contributed by atoms with E-state index in [0.717, 1.165) is 18.5 Å². The normalized spacial score (nSPS) is 12.6. The highest BCUT2D eigenvalue weighted by molar-refractivity contribution is 5.52. The average Bonchev–Trinajstić information content (AvgIpc) is 2.13. The van der Waals surface area contributed by atoms with Crippen molar-refractivity contribution in [1.82, 2.24) is 5.32 Å². The van der Waals surface area contributed by atoms with Crippen LogP contribution in [0.2, 0.25) is 0 Å². The van der Waals surface area contributed by atoms with Crippen molar-refractivity contribution in [3.05, 3.63) is 36.1 Å². The zero-order valence-electron chi connectivity index (χ0n) is 8.29. The van der Waals surface area contributed by atoms with Gasteiger partial charge in [0.05, 0.1) is 0 Å². The first-order chi connectivity index (χ1) is 6.35. The second-order valence-electron chi connectivity index (χ2n) is 2.60. The number of hydrogen-bond acceptors (Lipinski definition) is 1. The van der Waals surface area contributed by atoms with Crippen molar-refractivity contribution in [1.29, 1.82) is 0 Å². The van der Waals surface area contributed by atoms with Crippen molar-refractivity contribution in [3.8, 4) is 0 Å². The summed E-state index contributed by atoms with van der Waals surface area (Å²) in [4.78, 5) is 10.2. The van der Waals surface area contributed by atoms with Crippen molar-refractivity contribution in [2.24, 2.45) is 0 Å². The van der Waals surface area contributed by atoms with Gasteiger partial charge < -0.3 is 5.32 Å². The van der Waals surface area contributed by atoms with Crippen LogP contribution in [0.3, 0.4) is 0 Å². The van der Waals surface area contributed by atoms with E-state index in [9.17, 15) is 4.79 Å². The lowest BCUT2D eigenvalue weighted by Crippen LogP contribution is -2.07. The van der Waals surface area contributed by atoms with Crippen LogP contribution in [0.25, 0.3) is 0 Å². The zero-order valence-corrected chi connectivity index (χ0v) is 8.29. The van der Waals surface area contributed by atoms with Gasteiger partial charge in [0.1, 0.15) is 0 Å². The summed E-state index contributed by atoms with van der Waals surface area (Å²) in [5.74, 6) is 0. The molecular weight excluding hydrogens is 162 g/mol. The van der Waals surface area contributed by atoms with E-state index >= 15 is 0 Å². The van der Waals surface area contributed by atoms with Gasteiger partial charge in [-0.3, -0.25) is 4.79 Å². The fourth-order valence-electron chi connectivity index (χ4n) is 0.834. The average molecular weight is 179 g/mol. The van der Waals surface area contributed by atoms with Crippen molar-refractivity contribution in [2.45, 2.75) is 26.7 Å². The molecule has 2 nitrogen and oxygen atoms in total. The molecule has 1 amide bonds. The quantitative estimate of drug-likeness (QED) is 0.492. The Bertz CT molecular complexity index is 214. The predicted molar refractivity (Wildman–Crippen MR) is 56.1 cm³/mol. The Morgan fingerprint density at radius 1 is 1.46 bits per heavy atom. The van der Waals surface area contributed by atoms with Gasteiger partial charge in [0.2, 0.25) is 6.41 Å². The van der Waals surface area contributed by atoms with E-state index in [1.165, 1.54) is 0 Å². The summed E-state index contributed by atoms with van der Waals surface area (Å²) in [7, 11) is 0. The third kappa shape index (κ3) is 7.06. The number of hydrogen-bond donors (Lipinski definition) is 1. The molecule has 0 aliphatic rings. The number of nitrogens with one attached hydrogen (secondary N) is 1. The van der Waals surface area contributed by atoms with Gasteiger partial charge in [0.15, 0.2) is 0 Å². The highest BCUT2D eigenvalue weighted by Crippen LogP contribution is 1.94. The van der Waals surface area contributed by atoms with Crippen LogP contribution >= 0.6 is 0 Å². The van der Waals surface area contributed by atoms with E-state index in [1.807, 2.05) is 31.2 Å². The molecule has 0 atom stereocenters. The third-order valence-corrected chi connectivity index (χ3v) is 1.44. The molecule has 0 aliphatic heterocycles. The topological polar surface area (TPSA) is 29.1 Å². The molecule has 0 bridgehead atoms. The van der Waals surface area contributed by atoms with Gasteiger partial charge in [0.25, 0.3) is 0 Å². The Labute approximate surface area is 80.0 Å². The van der Waals surface area contributed by atoms with E-state index < -0.39 is 0 Å². The lowest BCUT2D eigenvalue weighted by Gasteiger charge is -1.95. The monoisotopic (exact) mass is 179 g/mol. The summed E-state index contributed by atoms with van der Waals surface area (Å²) in [6.45, 7) is 4.04. The maximum atomic E-state index is 10.2. The standard InChI is InChI=1S/C11H17NO/c1-3-5-6-7-9-11(8-4-2)12-10-13/h4,6-10H,3,5H2,1-2H3,(H,12,13)/b7-6?,8-4-,11-9+. The summed E-state index contributed by atoms with van der Waals surface area (Å²) in [6, 6.07) is 0. The molecule has 0 saturated heterocycles. The summed E-state index contributed by atoms with van der Waals surface area (Å²) < 4.78 is 0. The van der Waals surface area contributed by atoms with Crippen LogP contribution in [0.5, 0.6) is 0 Å². The van der Waals surface area contributed by atoms with Gasteiger partial charge in [-0.25, -0.2) is 0 Å². The van der Waals surface area contributed by atoms with E-state index in [0.29, 0.717) is 6.41 Å². The number of carbonyl (C=O) groups is 1. The Morgan fingerprint density at radius 3 is 2.77 bits per heavy atom. The fraction of sp³-hybridized carbons (Fsp3) is 0.364. The van der Waals surface area contributed by atoms with Crippen molar-refractivity contribution >= 4 is 6.41 Å². The number of amides is 1. The minimum Gasteiger partial charge on any atom is -0.329 e. The first-order valence-corrected chi connectivity index (χ1v) is 4.54. The van der Waals surface area contributed by atoms with Crippen molar-refractivity contribution in [3.63, 3.8) is 0 Å². The lowest BCUT2D eigenvalue weighted by atomic mass is 10.3. The molecule has 0 unspecified atom stereocenters. The second kappa shape index (κ2) is 8.78. The van der Waals surface area contributed by atoms with Gasteiger partial charge in [0, 0.05) is 5.70 Å². The van der Waals surface area contributed by atoms with Gasteiger partial charge in [-0.05, 0) is 25.5 Å². The van der Waals surface area contributed by atoms with E-state index in [-0.39, 0.29) is 0 Å². The maximum absolute atomic E-state index is 10.2. The van der Waals surface area contributed by atoms with Gasteiger partial charge in [-0.2, -0.15) is 0 Å². The molecule has 0 saturated carbocycles. The molecule has 0 fully saturated rings. The van der Waals surface area contributed by atoms with Crippen LogP contribution < -0.4 is 5.32 Å². The lowest BCUT2D eigenvalue weighted by molar-refractivity contribution is -0.108. The summed E-state index contributed by atoms with van der Waals surface area (Å²) in [5, 5.41) is 2.60. The molecule has 1 N–H and O–H groups in total. The first-order valence-electron chi connectivity index (χ1n) is 4.54. The number of rotatable bonds is 6. The number of carbonyl (C=O) groups excluding carboxylic acids is 1. The van der Waals surface area contributed by atoms with Crippen LogP contribution in [-0.4, -0.2) is 6.41 Å². The molecule has 72 valence electrons. The minimum atomic E-state index is 0.680. The largest absolute Gasteiger partial charge is 0.329 e. The van der Waals surface area contributed by atoms with E-state index in [2.05, 4.69) is 18.3 Å². The maximum Gasteiger partial charge on any atom is 0.211 e. The highest BCUT2D eigenvalue weighted by atomic mass is 16.1. The van der Waals surface area contributed by atoms with Crippen LogP contribution in [0, 0.1) is 0 Å². The number of allylic oxidation sites excluding steroid dienone is 5. The number of unbranched alkanes of at least 4 members (excludes halogenated alkanes) is 1. The Kier molecular flexibility index (Phi) is 7.90. The molecule has 0 radical (unpaired) electrons. The molecule has 0 rings (SSSR count). The Balaban J connectivity index is 4.09. The molecular formula is C11H17NO. The molecule has 0 spiro atoms. The predicted octanol–water partition coefficient (Wildman–Crippen LogP) is 2.55. The Hall–Kier alpha value is -1.31.